The molecule has 0 radical (unpaired) electrons. The van der Waals surface area contributed by atoms with Crippen LogP contribution in [0.3, 0.4) is 0 Å². The molecule has 2 aromatic rings. The molecule has 0 saturated carbocycles. The molecule has 2 fully saturated rings. The Kier molecular flexibility index (Phi) is 5.75. The normalized spacial score (nSPS) is 17.9. The van der Waals surface area contributed by atoms with Gasteiger partial charge in [0.1, 0.15) is 5.82 Å². The Morgan fingerprint density at radius 2 is 1.56 bits per heavy atom. The zero-order chi connectivity index (χ0) is 18.6. The van der Waals surface area contributed by atoms with E-state index in [2.05, 4.69) is 37.4 Å². The van der Waals surface area contributed by atoms with Crippen molar-refractivity contribution >= 4 is 40.3 Å². The smallest absolute Gasteiger partial charge is 0.253 e. The molecule has 0 atom stereocenters. The monoisotopic (exact) mass is 477 g/mol. The number of rotatable bonds is 3. The fraction of sp³-hybridized carbons (Fsp3) is 0.450. The maximum atomic E-state index is 12.7. The molecule has 4 rings (SSSR count). The lowest BCUT2D eigenvalue weighted by molar-refractivity contribution is 0.0746. The second kappa shape index (κ2) is 8.41. The van der Waals surface area contributed by atoms with Crippen molar-refractivity contribution in [3.63, 3.8) is 0 Å². The Hall–Kier alpha value is -1.90. The van der Waals surface area contributed by atoms with Gasteiger partial charge in [-0.2, -0.15) is 4.98 Å². The maximum absolute atomic E-state index is 12.7. The summed E-state index contributed by atoms with van der Waals surface area (Å²) in [4.78, 5) is 28.4. The van der Waals surface area contributed by atoms with Crippen LogP contribution in [-0.2, 0) is 0 Å². The molecule has 0 bridgehead atoms. The van der Waals surface area contributed by atoms with Crippen LogP contribution < -0.4 is 9.80 Å². The van der Waals surface area contributed by atoms with Gasteiger partial charge in [0.25, 0.3) is 5.91 Å². The van der Waals surface area contributed by atoms with Gasteiger partial charge in [0.2, 0.25) is 5.95 Å². The third-order valence-corrected chi connectivity index (χ3v) is 5.97. The van der Waals surface area contributed by atoms with Gasteiger partial charge in [0, 0.05) is 54.6 Å². The van der Waals surface area contributed by atoms with Crippen molar-refractivity contribution in [2.45, 2.75) is 19.3 Å². The Labute approximate surface area is 173 Å². The first-order valence-electron chi connectivity index (χ1n) is 9.58. The summed E-state index contributed by atoms with van der Waals surface area (Å²) in [7, 11) is 0. The summed E-state index contributed by atoms with van der Waals surface area (Å²) in [6.07, 6.45) is 5.59. The van der Waals surface area contributed by atoms with Gasteiger partial charge < -0.3 is 14.7 Å². The second-order valence-corrected chi connectivity index (χ2v) is 8.29. The number of hydrogen-bond acceptors (Lipinski definition) is 5. The van der Waals surface area contributed by atoms with Crippen LogP contribution in [0.1, 0.15) is 29.6 Å². The molecule has 6 nitrogen and oxygen atoms in total. The first kappa shape index (κ1) is 18.5. The number of carbonyl (C=O) groups is 1. The van der Waals surface area contributed by atoms with Crippen LogP contribution in [0.15, 0.2) is 36.5 Å². The van der Waals surface area contributed by atoms with E-state index in [0.29, 0.717) is 13.1 Å². The molecule has 0 spiro atoms. The molecule has 0 unspecified atom stereocenters. The summed E-state index contributed by atoms with van der Waals surface area (Å²) in [6.45, 7) is 5.12. The fourth-order valence-corrected chi connectivity index (χ4v) is 4.03. The highest BCUT2D eigenvalue weighted by Crippen LogP contribution is 2.20. The first-order chi connectivity index (χ1) is 13.2. The quantitative estimate of drug-likeness (QED) is 0.637. The topological polar surface area (TPSA) is 52.6 Å². The molecule has 1 aromatic carbocycles. The number of benzene rings is 1. The minimum atomic E-state index is 0.114. The van der Waals surface area contributed by atoms with E-state index in [1.807, 2.05) is 41.4 Å². The summed E-state index contributed by atoms with van der Waals surface area (Å²) in [5, 5.41) is 0. The van der Waals surface area contributed by atoms with Crippen LogP contribution in [0.4, 0.5) is 11.8 Å². The fourth-order valence-electron chi connectivity index (χ4n) is 3.68. The average molecular weight is 477 g/mol. The number of piperazine rings is 1. The zero-order valence-corrected chi connectivity index (χ0v) is 17.5. The van der Waals surface area contributed by atoms with E-state index in [1.165, 1.54) is 19.3 Å². The van der Waals surface area contributed by atoms with Gasteiger partial charge in [-0.15, -0.1) is 0 Å². The van der Waals surface area contributed by atoms with Crippen LogP contribution >= 0.6 is 22.6 Å². The summed E-state index contributed by atoms with van der Waals surface area (Å²) < 4.78 is 1.14. The summed E-state index contributed by atoms with van der Waals surface area (Å²) in [5.41, 5.74) is 0.762. The lowest BCUT2D eigenvalue weighted by Gasteiger charge is -2.36. The van der Waals surface area contributed by atoms with Crippen molar-refractivity contribution in [2.75, 3.05) is 49.1 Å². The van der Waals surface area contributed by atoms with Gasteiger partial charge in [-0.25, -0.2) is 4.98 Å². The molecule has 142 valence electrons. The largest absolute Gasteiger partial charge is 0.353 e. The summed E-state index contributed by atoms with van der Waals surface area (Å²) >= 11 is 2.25. The van der Waals surface area contributed by atoms with E-state index in [9.17, 15) is 4.79 Å². The third-order valence-electron chi connectivity index (χ3n) is 5.25. The summed E-state index contributed by atoms with van der Waals surface area (Å²) in [6, 6.07) is 9.75. The van der Waals surface area contributed by atoms with Gasteiger partial charge in [-0.3, -0.25) is 4.79 Å². The highest BCUT2D eigenvalue weighted by atomic mass is 127. The number of aromatic nitrogens is 2. The first-order valence-corrected chi connectivity index (χ1v) is 10.7. The van der Waals surface area contributed by atoms with E-state index in [1.54, 1.807) is 0 Å². The number of anilines is 2. The number of hydrogen-bond donors (Lipinski definition) is 0. The highest BCUT2D eigenvalue weighted by molar-refractivity contribution is 14.1. The minimum absolute atomic E-state index is 0.114. The van der Waals surface area contributed by atoms with Crippen LogP contribution in [-0.4, -0.2) is 60.0 Å². The number of carbonyl (C=O) groups excluding carboxylic acids is 1. The van der Waals surface area contributed by atoms with Crippen LogP contribution in [0.2, 0.25) is 0 Å². The van der Waals surface area contributed by atoms with Crippen molar-refractivity contribution in [1.29, 1.82) is 0 Å². The number of halogens is 1. The van der Waals surface area contributed by atoms with Gasteiger partial charge >= 0.3 is 0 Å². The van der Waals surface area contributed by atoms with E-state index >= 15 is 0 Å². The molecule has 27 heavy (non-hydrogen) atoms. The molecule has 3 heterocycles. The van der Waals surface area contributed by atoms with Crippen molar-refractivity contribution < 1.29 is 4.79 Å². The lowest BCUT2D eigenvalue weighted by atomic mass is 10.1. The molecule has 0 aliphatic carbocycles. The van der Waals surface area contributed by atoms with E-state index in [4.69, 9.17) is 4.98 Å². The standard InChI is InChI=1S/C20H24IN5O/c21-17-6-4-16(5-7-17)19(27)25-14-12-24(13-15-25)18-8-9-22-20(23-18)26-10-2-1-3-11-26/h4-9H,1-3,10-15H2. The lowest BCUT2D eigenvalue weighted by Crippen LogP contribution is -2.49. The van der Waals surface area contributed by atoms with Gasteiger partial charge in [-0.05, 0) is 72.2 Å². The van der Waals surface area contributed by atoms with E-state index in [0.717, 1.165) is 47.1 Å². The SMILES string of the molecule is O=C(c1ccc(I)cc1)N1CCN(c2ccnc(N3CCCCC3)n2)CC1. The third kappa shape index (κ3) is 4.34. The molecule has 1 amide bonds. The molecule has 7 heteroatoms. The second-order valence-electron chi connectivity index (χ2n) is 7.05. The van der Waals surface area contributed by atoms with Crippen molar-refractivity contribution in [1.82, 2.24) is 14.9 Å². The molecular formula is C20H24IN5O. The van der Waals surface area contributed by atoms with Crippen LogP contribution in [0, 0.1) is 3.57 Å². The molecule has 2 aliphatic rings. The average Bonchev–Trinajstić information content (AvgIpc) is 2.75. The van der Waals surface area contributed by atoms with Crippen molar-refractivity contribution in [2.24, 2.45) is 0 Å². The predicted molar refractivity (Wildman–Crippen MR) is 115 cm³/mol. The van der Waals surface area contributed by atoms with Crippen molar-refractivity contribution in [3.05, 3.63) is 45.7 Å². The maximum Gasteiger partial charge on any atom is 0.253 e. The van der Waals surface area contributed by atoms with E-state index in [-0.39, 0.29) is 5.91 Å². The van der Waals surface area contributed by atoms with Crippen LogP contribution in [0.25, 0.3) is 0 Å². The Morgan fingerprint density at radius 1 is 0.852 bits per heavy atom. The molecule has 0 N–H and O–H groups in total. The number of amides is 1. The Bertz CT molecular complexity index is 783. The number of nitrogens with zero attached hydrogens (tertiary/aromatic N) is 5. The highest BCUT2D eigenvalue weighted by Gasteiger charge is 2.23. The number of piperidine rings is 1. The van der Waals surface area contributed by atoms with Gasteiger partial charge in [0.05, 0.1) is 0 Å². The minimum Gasteiger partial charge on any atom is -0.353 e. The Morgan fingerprint density at radius 3 is 2.26 bits per heavy atom. The Balaban J connectivity index is 1.39. The van der Waals surface area contributed by atoms with Crippen LogP contribution in [0.5, 0.6) is 0 Å². The molecule has 1 aromatic heterocycles. The van der Waals surface area contributed by atoms with Crippen molar-refractivity contribution in [3.8, 4) is 0 Å². The molecule has 2 saturated heterocycles. The van der Waals surface area contributed by atoms with Gasteiger partial charge in [0.15, 0.2) is 0 Å². The van der Waals surface area contributed by atoms with Gasteiger partial charge in [-0.1, -0.05) is 0 Å². The molecular weight excluding hydrogens is 453 g/mol. The van der Waals surface area contributed by atoms with E-state index < -0.39 is 0 Å². The predicted octanol–water partition coefficient (Wildman–Crippen LogP) is 3.03. The zero-order valence-electron chi connectivity index (χ0n) is 15.4. The summed E-state index contributed by atoms with van der Waals surface area (Å²) in [5.74, 6) is 1.92. The molecule has 2 aliphatic heterocycles.